The highest BCUT2D eigenvalue weighted by Gasteiger charge is 2.18. The summed E-state index contributed by atoms with van der Waals surface area (Å²) < 4.78 is 5.26. The smallest absolute Gasteiger partial charge is 0.255 e. The first-order valence-electron chi connectivity index (χ1n) is 9.97. The summed E-state index contributed by atoms with van der Waals surface area (Å²) in [6, 6.07) is 7.82. The van der Waals surface area contributed by atoms with E-state index in [0.717, 1.165) is 41.1 Å². The fourth-order valence-electron chi connectivity index (χ4n) is 3.82. The lowest BCUT2D eigenvalue weighted by atomic mass is 9.95. The molecule has 1 aromatic carbocycles. The number of amides is 1. The molecule has 1 aliphatic rings. The average Bonchev–Trinajstić information content (AvgIpc) is 3.15. The van der Waals surface area contributed by atoms with Crippen LogP contribution in [0.25, 0.3) is 11.0 Å². The molecule has 146 valence electrons. The third-order valence-electron chi connectivity index (χ3n) is 5.44. The van der Waals surface area contributed by atoms with E-state index in [1.165, 1.54) is 18.4 Å². The van der Waals surface area contributed by atoms with Crippen LogP contribution < -0.4 is 4.74 Å². The van der Waals surface area contributed by atoms with Crippen molar-refractivity contribution >= 4 is 16.9 Å². The highest BCUT2D eigenvalue weighted by molar-refractivity contribution is 5.94. The molecule has 0 atom stereocenters. The number of aromatic nitrogens is 3. The Morgan fingerprint density at radius 2 is 2.11 bits per heavy atom. The molecule has 1 N–H and O–H groups in total. The second-order valence-corrected chi connectivity index (χ2v) is 7.24. The third kappa shape index (κ3) is 3.72. The second kappa shape index (κ2) is 8.00. The van der Waals surface area contributed by atoms with Crippen LogP contribution in [0, 0.1) is 0 Å². The maximum absolute atomic E-state index is 13.0. The minimum absolute atomic E-state index is 0.0427. The van der Waals surface area contributed by atoms with Gasteiger partial charge in [-0.15, -0.1) is 0 Å². The van der Waals surface area contributed by atoms with Gasteiger partial charge in [-0.3, -0.25) is 9.78 Å². The maximum atomic E-state index is 13.0. The Kier molecular flexibility index (Phi) is 5.28. The number of likely N-dealkylation sites (N-methyl/N-ethyl adjacent to an activating group) is 1. The monoisotopic (exact) mass is 378 g/mol. The van der Waals surface area contributed by atoms with Gasteiger partial charge < -0.3 is 14.6 Å². The summed E-state index contributed by atoms with van der Waals surface area (Å²) in [5.41, 5.74) is 4.94. The summed E-state index contributed by atoms with van der Waals surface area (Å²) >= 11 is 0. The molecular formula is C22H26N4O2. The Balaban J connectivity index is 1.46. The van der Waals surface area contributed by atoms with Crippen LogP contribution in [-0.4, -0.2) is 46.0 Å². The van der Waals surface area contributed by atoms with Gasteiger partial charge in [0.2, 0.25) is 0 Å². The SMILES string of the molecule is CCN(CCc1nc2ccc(OC)cc2[nH]1)C(=O)c1cnc2c(c1)CCCC2. The molecule has 2 heterocycles. The van der Waals surface area contributed by atoms with Gasteiger partial charge in [-0.25, -0.2) is 4.98 Å². The molecule has 0 radical (unpaired) electrons. The zero-order chi connectivity index (χ0) is 19.5. The summed E-state index contributed by atoms with van der Waals surface area (Å²) in [5, 5.41) is 0. The number of pyridine rings is 1. The lowest BCUT2D eigenvalue weighted by molar-refractivity contribution is 0.0765. The Hall–Kier alpha value is -2.89. The van der Waals surface area contributed by atoms with Crippen molar-refractivity contribution in [2.45, 2.75) is 39.0 Å². The zero-order valence-electron chi connectivity index (χ0n) is 16.5. The number of imidazole rings is 1. The maximum Gasteiger partial charge on any atom is 0.255 e. The van der Waals surface area contributed by atoms with E-state index >= 15 is 0 Å². The van der Waals surface area contributed by atoms with Crippen molar-refractivity contribution in [3.63, 3.8) is 0 Å². The van der Waals surface area contributed by atoms with Crippen molar-refractivity contribution in [3.05, 3.63) is 53.1 Å². The van der Waals surface area contributed by atoms with E-state index in [9.17, 15) is 4.79 Å². The van der Waals surface area contributed by atoms with Crippen LogP contribution in [0.4, 0.5) is 0 Å². The van der Waals surface area contributed by atoms with E-state index in [0.29, 0.717) is 25.1 Å². The van der Waals surface area contributed by atoms with Crippen LogP contribution in [0.3, 0.4) is 0 Å². The zero-order valence-corrected chi connectivity index (χ0v) is 16.5. The molecule has 0 spiro atoms. The Morgan fingerprint density at radius 1 is 1.25 bits per heavy atom. The summed E-state index contributed by atoms with van der Waals surface area (Å²) in [5.74, 6) is 1.71. The number of methoxy groups -OCH3 is 1. The Morgan fingerprint density at radius 3 is 2.93 bits per heavy atom. The second-order valence-electron chi connectivity index (χ2n) is 7.24. The van der Waals surface area contributed by atoms with Gasteiger partial charge >= 0.3 is 0 Å². The van der Waals surface area contributed by atoms with Crippen LogP contribution in [0.15, 0.2) is 30.5 Å². The predicted molar refractivity (Wildman–Crippen MR) is 109 cm³/mol. The normalized spacial score (nSPS) is 13.4. The van der Waals surface area contributed by atoms with Crippen molar-refractivity contribution in [1.82, 2.24) is 19.9 Å². The lowest BCUT2D eigenvalue weighted by Crippen LogP contribution is -2.33. The number of rotatable bonds is 6. The minimum Gasteiger partial charge on any atom is -0.497 e. The summed E-state index contributed by atoms with van der Waals surface area (Å²) in [4.78, 5) is 27.3. The molecule has 28 heavy (non-hydrogen) atoms. The van der Waals surface area contributed by atoms with Crippen LogP contribution in [0.1, 0.15) is 47.2 Å². The molecule has 0 fully saturated rings. The van der Waals surface area contributed by atoms with Crippen LogP contribution in [-0.2, 0) is 19.3 Å². The van der Waals surface area contributed by atoms with Gasteiger partial charge in [-0.1, -0.05) is 0 Å². The first kappa shape index (κ1) is 18.5. The molecule has 1 amide bonds. The van der Waals surface area contributed by atoms with Gasteiger partial charge in [0, 0.05) is 37.5 Å². The topological polar surface area (TPSA) is 71.1 Å². The number of hydrogen-bond donors (Lipinski definition) is 1. The minimum atomic E-state index is 0.0427. The average molecular weight is 378 g/mol. The number of nitrogens with zero attached hydrogens (tertiary/aromatic N) is 3. The van der Waals surface area contributed by atoms with Crippen molar-refractivity contribution in [2.75, 3.05) is 20.2 Å². The first-order chi connectivity index (χ1) is 13.7. The number of carbonyl (C=O) groups is 1. The van der Waals surface area contributed by atoms with Gasteiger partial charge in [0.25, 0.3) is 5.91 Å². The summed E-state index contributed by atoms with van der Waals surface area (Å²) in [7, 11) is 1.65. The van der Waals surface area contributed by atoms with Gasteiger partial charge in [0.15, 0.2) is 0 Å². The van der Waals surface area contributed by atoms with Gasteiger partial charge in [-0.2, -0.15) is 0 Å². The number of aromatic amines is 1. The highest BCUT2D eigenvalue weighted by Crippen LogP contribution is 2.21. The van der Waals surface area contributed by atoms with E-state index < -0.39 is 0 Å². The number of carbonyl (C=O) groups excluding carboxylic acids is 1. The molecule has 3 aromatic rings. The lowest BCUT2D eigenvalue weighted by Gasteiger charge is -2.22. The molecule has 0 unspecified atom stereocenters. The molecule has 0 saturated heterocycles. The van der Waals surface area contributed by atoms with Gasteiger partial charge in [0.1, 0.15) is 11.6 Å². The Labute approximate surface area is 164 Å². The molecule has 6 heteroatoms. The van der Waals surface area contributed by atoms with Crippen molar-refractivity contribution < 1.29 is 9.53 Å². The number of H-pyrrole nitrogens is 1. The fourth-order valence-corrected chi connectivity index (χ4v) is 3.82. The number of hydrogen-bond acceptors (Lipinski definition) is 4. The van der Waals surface area contributed by atoms with Gasteiger partial charge in [0.05, 0.1) is 23.7 Å². The molecule has 0 bridgehead atoms. The van der Waals surface area contributed by atoms with E-state index in [-0.39, 0.29) is 5.91 Å². The van der Waals surface area contributed by atoms with E-state index in [1.807, 2.05) is 36.1 Å². The molecule has 0 aliphatic heterocycles. The molecule has 1 aliphatic carbocycles. The molecule has 2 aromatic heterocycles. The molecule has 6 nitrogen and oxygen atoms in total. The van der Waals surface area contributed by atoms with Crippen LogP contribution in [0.2, 0.25) is 0 Å². The van der Waals surface area contributed by atoms with Crippen LogP contribution >= 0.6 is 0 Å². The van der Waals surface area contributed by atoms with Crippen molar-refractivity contribution in [2.24, 2.45) is 0 Å². The van der Waals surface area contributed by atoms with Crippen LogP contribution in [0.5, 0.6) is 5.75 Å². The quantitative estimate of drug-likeness (QED) is 0.712. The highest BCUT2D eigenvalue weighted by atomic mass is 16.5. The third-order valence-corrected chi connectivity index (χ3v) is 5.44. The van der Waals surface area contributed by atoms with Crippen molar-refractivity contribution in [1.29, 1.82) is 0 Å². The number of fused-ring (bicyclic) bond motifs is 2. The fraction of sp³-hybridized carbons (Fsp3) is 0.409. The number of benzene rings is 1. The molecule has 0 saturated carbocycles. The largest absolute Gasteiger partial charge is 0.497 e. The standard InChI is InChI=1S/C22H26N4O2/c1-3-26(22(27)16-12-15-6-4-5-7-18(15)23-14-16)11-10-21-24-19-9-8-17(28-2)13-20(19)25-21/h8-9,12-14H,3-7,10-11H2,1-2H3,(H,24,25). The Bertz CT molecular complexity index is 995. The summed E-state index contributed by atoms with van der Waals surface area (Å²) in [6.45, 7) is 3.28. The predicted octanol–water partition coefficient (Wildman–Crippen LogP) is 3.55. The number of ether oxygens (including phenoxy) is 1. The van der Waals surface area contributed by atoms with Crippen molar-refractivity contribution in [3.8, 4) is 5.75 Å². The number of aryl methyl sites for hydroxylation is 2. The molecule has 4 rings (SSSR count). The molecular weight excluding hydrogens is 352 g/mol. The number of nitrogens with one attached hydrogen (secondary N) is 1. The van der Waals surface area contributed by atoms with Gasteiger partial charge in [-0.05, 0) is 56.4 Å². The summed E-state index contributed by atoms with van der Waals surface area (Å²) in [6.07, 6.45) is 6.84. The van der Waals surface area contributed by atoms with E-state index in [4.69, 9.17) is 4.74 Å². The van der Waals surface area contributed by atoms with E-state index in [2.05, 4.69) is 15.0 Å². The first-order valence-corrected chi connectivity index (χ1v) is 9.97. The van der Waals surface area contributed by atoms with E-state index in [1.54, 1.807) is 13.3 Å².